The number of phenolic OH excluding ortho intramolecular Hbond substituents is 1. The summed E-state index contributed by atoms with van der Waals surface area (Å²) in [5, 5.41) is 17.7. The van der Waals surface area contributed by atoms with Crippen molar-refractivity contribution < 1.29 is 5.11 Å². The van der Waals surface area contributed by atoms with Crippen LogP contribution in [0.25, 0.3) is 0 Å². The summed E-state index contributed by atoms with van der Waals surface area (Å²) >= 11 is 0. The Balaban J connectivity index is 1.68. The Labute approximate surface area is 125 Å². The molecule has 5 nitrogen and oxygen atoms in total. The molecule has 0 aliphatic heterocycles. The molecular weight excluding hydrogens is 264 g/mol. The number of rotatable bonds is 5. The van der Waals surface area contributed by atoms with Gasteiger partial charge in [0.2, 0.25) is 0 Å². The number of benzene rings is 1. The van der Waals surface area contributed by atoms with Gasteiger partial charge in [-0.2, -0.15) is 5.10 Å². The minimum absolute atomic E-state index is 0.288. The van der Waals surface area contributed by atoms with Crippen LogP contribution >= 0.6 is 0 Å². The average Bonchev–Trinajstić information content (AvgIpc) is 3.03. The number of aromatic nitrogens is 3. The van der Waals surface area contributed by atoms with E-state index in [4.69, 9.17) is 0 Å². The highest BCUT2D eigenvalue weighted by Gasteiger charge is 2.24. The van der Waals surface area contributed by atoms with E-state index in [0.29, 0.717) is 18.2 Å². The largest absolute Gasteiger partial charge is 0.508 e. The third-order valence-electron chi connectivity index (χ3n) is 3.99. The highest BCUT2D eigenvalue weighted by atomic mass is 16.3. The lowest BCUT2D eigenvalue weighted by molar-refractivity contribution is 0.443. The van der Waals surface area contributed by atoms with Crippen molar-refractivity contribution in [3.05, 3.63) is 41.5 Å². The number of hydrogen-bond donors (Lipinski definition) is 2. The maximum Gasteiger partial charge on any atom is 0.140 e. The van der Waals surface area contributed by atoms with E-state index in [1.807, 2.05) is 10.7 Å². The molecule has 2 N–H and O–H groups in total. The Morgan fingerprint density at radius 1 is 1.43 bits per heavy atom. The van der Waals surface area contributed by atoms with Crippen LogP contribution in [0.3, 0.4) is 0 Å². The normalized spacial score (nSPS) is 17.4. The van der Waals surface area contributed by atoms with Crippen molar-refractivity contribution in [2.24, 2.45) is 5.92 Å². The van der Waals surface area contributed by atoms with Crippen molar-refractivity contribution in [1.82, 2.24) is 20.1 Å². The molecular formula is C16H22N4O. The lowest BCUT2D eigenvalue weighted by Gasteiger charge is -2.15. The first-order valence-corrected chi connectivity index (χ1v) is 7.56. The Bertz CT molecular complexity index is 620. The van der Waals surface area contributed by atoms with E-state index in [9.17, 15) is 5.11 Å². The summed E-state index contributed by atoms with van der Waals surface area (Å²) in [5.74, 6) is 1.94. The summed E-state index contributed by atoms with van der Waals surface area (Å²) in [6, 6.07) is 6.06. The number of phenols is 1. The fourth-order valence-electron chi connectivity index (χ4n) is 2.98. The van der Waals surface area contributed by atoms with Gasteiger partial charge in [-0.25, -0.2) is 9.67 Å². The second-order valence-corrected chi connectivity index (χ2v) is 6.07. The van der Waals surface area contributed by atoms with Crippen molar-refractivity contribution in [2.75, 3.05) is 0 Å². The molecule has 0 saturated heterocycles. The molecule has 1 unspecified atom stereocenters. The monoisotopic (exact) mass is 286 g/mol. The topological polar surface area (TPSA) is 63.0 Å². The van der Waals surface area contributed by atoms with Gasteiger partial charge in [0, 0.05) is 12.6 Å². The zero-order valence-corrected chi connectivity index (χ0v) is 12.6. The van der Waals surface area contributed by atoms with Crippen molar-refractivity contribution in [3.63, 3.8) is 0 Å². The smallest absolute Gasteiger partial charge is 0.140 e. The van der Waals surface area contributed by atoms with Gasteiger partial charge in [-0.05, 0) is 36.0 Å². The SMILES string of the molecule is CC(C)Cn1ncnc1CNC1CCc2c(O)cccc21. The van der Waals surface area contributed by atoms with Gasteiger partial charge in [-0.3, -0.25) is 0 Å². The standard InChI is InChI=1S/C16H22N4O/c1-11(2)9-20-16(18-10-19-20)8-17-14-7-6-13-12(14)4-3-5-15(13)21/h3-5,10-11,14,17,21H,6-9H2,1-2H3. The van der Waals surface area contributed by atoms with Crippen molar-refractivity contribution in [2.45, 2.75) is 45.8 Å². The summed E-state index contributed by atoms with van der Waals surface area (Å²) in [5.41, 5.74) is 2.29. The summed E-state index contributed by atoms with van der Waals surface area (Å²) in [7, 11) is 0. The molecule has 112 valence electrons. The van der Waals surface area contributed by atoms with Gasteiger partial charge in [0.05, 0.1) is 6.54 Å². The zero-order valence-electron chi connectivity index (χ0n) is 12.6. The van der Waals surface area contributed by atoms with Crippen LogP contribution in [0.15, 0.2) is 24.5 Å². The van der Waals surface area contributed by atoms with Crippen LogP contribution in [-0.2, 0) is 19.5 Å². The molecule has 0 fully saturated rings. The number of fused-ring (bicyclic) bond motifs is 1. The lowest BCUT2D eigenvalue weighted by Crippen LogP contribution is -2.22. The maximum absolute atomic E-state index is 9.89. The first-order valence-electron chi connectivity index (χ1n) is 7.56. The molecule has 0 amide bonds. The first-order chi connectivity index (χ1) is 10.1. The van der Waals surface area contributed by atoms with Crippen LogP contribution in [0.2, 0.25) is 0 Å². The van der Waals surface area contributed by atoms with Crippen LogP contribution in [0.5, 0.6) is 5.75 Å². The summed E-state index contributed by atoms with van der Waals surface area (Å²) in [6.07, 6.45) is 3.57. The molecule has 3 rings (SSSR count). The molecule has 1 atom stereocenters. The van der Waals surface area contributed by atoms with E-state index >= 15 is 0 Å². The van der Waals surface area contributed by atoms with Crippen molar-refractivity contribution in [1.29, 1.82) is 0 Å². The minimum Gasteiger partial charge on any atom is -0.508 e. The molecule has 0 radical (unpaired) electrons. The van der Waals surface area contributed by atoms with E-state index in [1.54, 1.807) is 12.4 Å². The Morgan fingerprint density at radius 3 is 3.10 bits per heavy atom. The second-order valence-electron chi connectivity index (χ2n) is 6.07. The van der Waals surface area contributed by atoms with E-state index in [2.05, 4.69) is 35.3 Å². The van der Waals surface area contributed by atoms with E-state index in [0.717, 1.165) is 30.8 Å². The number of hydrogen-bond acceptors (Lipinski definition) is 4. The third kappa shape index (κ3) is 2.93. The molecule has 0 saturated carbocycles. The van der Waals surface area contributed by atoms with Crippen LogP contribution in [0.1, 0.15) is 43.3 Å². The van der Waals surface area contributed by atoms with E-state index < -0.39 is 0 Å². The van der Waals surface area contributed by atoms with Gasteiger partial charge in [-0.1, -0.05) is 26.0 Å². The van der Waals surface area contributed by atoms with E-state index in [1.165, 1.54) is 5.56 Å². The highest BCUT2D eigenvalue weighted by molar-refractivity contribution is 5.44. The lowest BCUT2D eigenvalue weighted by atomic mass is 10.1. The van der Waals surface area contributed by atoms with Gasteiger partial charge < -0.3 is 10.4 Å². The van der Waals surface area contributed by atoms with Gasteiger partial charge >= 0.3 is 0 Å². The molecule has 1 aromatic carbocycles. The van der Waals surface area contributed by atoms with Crippen molar-refractivity contribution in [3.8, 4) is 5.75 Å². The molecule has 1 heterocycles. The molecule has 1 aliphatic rings. The van der Waals surface area contributed by atoms with Gasteiger partial charge in [0.1, 0.15) is 17.9 Å². The van der Waals surface area contributed by atoms with Crippen LogP contribution in [0, 0.1) is 5.92 Å². The predicted molar refractivity (Wildman–Crippen MR) is 80.9 cm³/mol. The Kier molecular flexibility index (Phi) is 3.92. The molecule has 21 heavy (non-hydrogen) atoms. The number of aromatic hydroxyl groups is 1. The molecule has 0 bridgehead atoms. The molecule has 1 aromatic heterocycles. The quantitative estimate of drug-likeness (QED) is 0.886. The summed E-state index contributed by atoms with van der Waals surface area (Å²) < 4.78 is 1.97. The van der Waals surface area contributed by atoms with E-state index in [-0.39, 0.29) is 6.04 Å². The summed E-state index contributed by atoms with van der Waals surface area (Å²) in [4.78, 5) is 4.34. The fourth-order valence-corrected chi connectivity index (χ4v) is 2.98. The first kappa shape index (κ1) is 14.1. The molecule has 5 heteroatoms. The Morgan fingerprint density at radius 2 is 2.29 bits per heavy atom. The zero-order chi connectivity index (χ0) is 14.8. The Hall–Kier alpha value is -1.88. The highest BCUT2D eigenvalue weighted by Crippen LogP contribution is 2.36. The minimum atomic E-state index is 0.288. The number of nitrogens with zero attached hydrogens (tertiary/aromatic N) is 3. The van der Waals surface area contributed by atoms with Gasteiger partial charge in [0.15, 0.2) is 0 Å². The molecule has 0 spiro atoms. The third-order valence-corrected chi connectivity index (χ3v) is 3.99. The number of nitrogens with one attached hydrogen (secondary N) is 1. The van der Waals surface area contributed by atoms with Crippen LogP contribution in [0.4, 0.5) is 0 Å². The second kappa shape index (κ2) is 5.85. The fraction of sp³-hybridized carbons (Fsp3) is 0.500. The predicted octanol–water partition coefficient (Wildman–Crippen LogP) is 2.42. The van der Waals surface area contributed by atoms with Gasteiger partial charge in [-0.15, -0.1) is 0 Å². The molecule has 2 aromatic rings. The van der Waals surface area contributed by atoms with Crippen molar-refractivity contribution >= 4 is 0 Å². The van der Waals surface area contributed by atoms with Gasteiger partial charge in [0.25, 0.3) is 0 Å². The van der Waals surface area contributed by atoms with Crippen LogP contribution < -0.4 is 5.32 Å². The van der Waals surface area contributed by atoms with Crippen LogP contribution in [-0.4, -0.2) is 19.9 Å². The average molecular weight is 286 g/mol. The maximum atomic E-state index is 9.89. The molecule has 1 aliphatic carbocycles. The summed E-state index contributed by atoms with van der Waals surface area (Å²) in [6.45, 7) is 5.94.